The van der Waals surface area contributed by atoms with Gasteiger partial charge in [-0.3, -0.25) is 19.3 Å². The quantitative estimate of drug-likeness (QED) is 0.642. The Labute approximate surface area is 106 Å². The Morgan fingerprint density at radius 2 is 2.06 bits per heavy atom. The summed E-state index contributed by atoms with van der Waals surface area (Å²) in [5, 5.41) is 11.4. The Bertz CT molecular complexity index is 339. The van der Waals surface area contributed by atoms with E-state index in [0.717, 1.165) is 12.8 Å². The van der Waals surface area contributed by atoms with Crippen LogP contribution in [0.25, 0.3) is 0 Å². The van der Waals surface area contributed by atoms with Crippen LogP contribution >= 0.6 is 0 Å². The summed E-state index contributed by atoms with van der Waals surface area (Å²) >= 11 is 0. The van der Waals surface area contributed by atoms with Gasteiger partial charge >= 0.3 is 5.97 Å². The Hall–Kier alpha value is -1.43. The van der Waals surface area contributed by atoms with E-state index in [2.05, 4.69) is 5.32 Å². The molecule has 0 aromatic heterocycles. The van der Waals surface area contributed by atoms with E-state index in [1.54, 1.807) is 0 Å². The van der Waals surface area contributed by atoms with E-state index in [0.29, 0.717) is 0 Å². The number of carbonyl (C=O) groups excluding carboxylic acids is 2. The highest BCUT2D eigenvalue weighted by Gasteiger charge is 2.40. The van der Waals surface area contributed by atoms with E-state index in [1.807, 2.05) is 13.8 Å². The molecular weight excluding hydrogens is 236 g/mol. The number of nitrogens with one attached hydrogen (secondary N) is 1. The van der Waals surface area contributed by atoms with Gasteiger partial charge in [-0.25, -0.2) is 0 Å². The smallest absolute Gasteiger partial charge is 0.304 e. The molecule has 0 bridgehead atoms. The van der Waals surface area contributed by atoms with Crippen LogP contribution in [-0.4, -0.2) is 46.4 Å². The number of carboxylic acids is 1. The molecule has 2 amide bonds. The summed E-state index contributed by atoms with van der Waals surface area (Å²) in [6.07, 6.45) is 1.57. The van der Waals surface area contributed by atoms with Gasteiger partial charge < -0.3 is 10.4 Å². The minimum atomic E-state index is -0.920. The van der Waals surface area contributed by atoms with Crippen molar-refractivity contribution in [2.75, 3.05) is 6.54 Å². The Morgan fingerprint density at radius 3 is 2.56 bits per heavy atom. The van der Waals surface area contributed by atoms with Gasteiger partial charge in [-0.1, -0.05) is 13.8 Å². The predicted molar refractivity (Wildman–Crippen MR) is 64.9 cm³/mol. The van der Waals surface area contributed by atoms with Crippen LogP contribution in [0.3, 0.4) is 0 Å². The molecule has 1 unspecified atom stereocenters. The van der Waals surface area contributed by atoms with Gasteiger partial charge in [0.15, 0.2) is 0 Å². The Morgan fingerprint density at radius 1 is 1.44 bits per heavy atom. The van der Waals surface area contributed by atoms with Crippen molar-refractivity contribution < 1.29 is 19.5 Å². The maximum absolute atomic E-state index is 12.0. The van der Waals surface area contributed by atoms with Crippen LogP contribution in [0, 0.1) is 0 Å². The molecule has 1 aliphatic heterocycles. The molecule has 0 aromatic carbocycles. The van der Waals surface area contributed by atoms with Gasteiger partial charge in [0.05, 0.1) is 18.9 Å². The lowest BCUT2D eigenvalue weighted by molar-refractivity contribution is -0.142. The third kappa shape index (κ3) is 3.29. The number of carbonyl (C=O) groups is 3. The topological polar surface area (TPSA) is 86.7 Å². The summed E-state index contributed by atoms with van der Waals surface area (Å²) in [7, 11) is 0. The minimum absolute atomic E-state index is 0.0451. The maximum atomic E-state index is 12.0. The zero-order valence-corrected chi connectivity index (χ0v) is 10.8. The molecule has 0 aromatic rings. The first-order chi connectivity index (χ1) is 8.51. The van der Waals surface area contributed by atoms with Crippen molar-refractivity contribution >= 4 is 17.8 Å². The highest BCUT2D eigenvalue weighted by atomic mass is 16.4. The molecule has 1 atom stereocenters. The predicted octanol–water partition coefficient (Wildman–Crippen LogP) is 0.367. The number of imide groups is 1. The fourth-order valence-electron chi connectivity index (χ4n) is 2.20. The number of aliphatic carboxylic acids is 1. The van der Waals surface area contributed by atoms with Crippen LogP contribution < -0.4 is 5.32 Å². The van der Waals surface area contributed by atoms with Gasteiger partial charge in [0.1, 0.15) is 0 Å². The van der Waals surface area contributed by atoms with Crippen LogP contribution in [0.4, 0.5) is 0 Å². The normalized spacial score (nSPS) is 19.9. The lowest BCUT2D eigenvalue weighted by Crippen LogP contribution is -2.44. The number of hydrogen-bond acceptors (Lipinski definition) is 4. The Kier molecular flexibility index (Phi) is 5.27. The molecule has 18 heavy (non-hydrogen) atoms. The van der Waals surface area contributed by atoms with Gasteiger partial charge in [-0.2, -0.15) is 0 Å². The third-order valence-corrected chi connectivity index (χ3v) is 3.22. The van der Waals surface area contributed by atoms with Crippen molar-refractivity contribution in [3.05, 3.63) is 0 Å². The summed E-state index contributed by atoms with van der Waals surface area (Å²) in [4.78, 5) is 35.6. The van der Waals surface area contributed by atoms with Crippen LogP contribution in [0.15, 0.2) is 0 Å². The van der Waals surface area contributed by atoms with Crippen molar-refractivity contribution in [2.24, 2.45) is 0 Å². The molecule has 1 heterocycles. The third-order valence-electron chi connectivity index (χ3n) is 3.22. The van der Waals surface area contributed by atoms with E-state index >= 15 is 0 Å². The molecule has 0 saturated carbocycles. The van der Waals surface area contributed by atoms with Crippen molar-refractivity contribution in [2.45, 2.75) is 51.6 Å². The highest BCUT2D eigenvalue weighted by Crippen LogP contribution is 2.20. The van der Waals surface area contributed by atoms with Crippen molar-refractivity contribution in [1.29, 1.82) is 0 Å². The van der Waals surface area contributed by atoms with Crippen molar-refractivity contribution in [3.8, 4) is 0 Å². The van der Waals surface area contributed by atoms with Gasteiger partial charge in [-0.05, 0) is 12.8 Å². The molecule has 1 rings (SSSR count). The zero-order chi connectivity index (χ0) is 13.7. The number of carboxylic acid groups (broad SMARTS) is 1. The molecule has 6 heteroatoms. The van der Waals surface area contributed by atoms with Crippen LogP contribution in [-0.2, 0) is 14.4 Å². The Balaban J connectivity index is 2.58. The summed E-state index contributed by atoms with van der Waals surface area (Å²) in [6, 6.07) is -0.603. The van der Waals surface area contributed by atoms with E-state index in [-0.39, 0.29) is 37.2 Å². The lowest BCUT2D eigenvalue weighted by Gasteiger charge is -2.24. The summed E-state index contributed by atoms with van der Waals surface area (Å²) in [5.74, 6) is -1.31. The molecule has 102 valence electrons. The fourth-order valence-corrected chi connectivity index (χ4v) is 2.20. The van der Waals surface area contributed by atoms with E-state index in [9.17, 15) is 14.4 Å². The first kappa shape index (κ1) is 14.6. The second kappa shape index (κ2) is 6.49. The van der Waals surface area contributed by atoms with E-state index in [4.69, 9.17) is 5.11 Å². The van der Waals surface area contributed by atoms with Gasteiger partial charge in [0.2, 0.25) is 11.8 Å². The maximum Gasteiger partial charge on any atom is 0.304 e. The number of hydrogen-bond donors (Lipinski definition) is 2. The fraction of sp³-hybridized carbons (Fsp3) is 0.750. The standard InChI is InChI=1S/C12H20N2O4/c1-3-8(4-2)14-10(15)7-9(12(14)18)13-6-5-11(16)17/h8-9,13H,3-7H2,1-2H3,(H,16,17). The molecule has 2 N–H and O–H groups in total. The second-order valence-electron chi connectivity index (χ2n) is 4.43. The van der Waals surface area contributed by atoms with Crippen LogP contribution in [0.2, 0.25) is 0 Å². The molecule has 0 aliphatic carbocycles. The largest absolute Gasteiger partial charge is 0.481 e. The molecule has 0 spiro atoms. The van der Waals surface area contributed by atoms with Gasteiger partial charge in [0.25, 0.3) is 0 Å². The molecular formula is C12H20N2O4. The molecule has 1 aliphatic rings. The molecule has 1 saturated heterocycles. The summed E-state index contributed by atoms with van der Waals surface area (Å²) in [5.41, 5.74) is 0. The average molecular weight is 256 g/mol. The summed E-state index contributed by atoms with van der Waals surface area (Å²) in [6.45, 7) is 4.09. The van der Waals surface area contributed by atoms with Crippen molar-refractivity contribution in [3.63, 3.8) is 0 Å². The number of amides is 2. The average Bonchev–Trinajstić information content (AvgIpc) is 2.58. The molecule has 1 fully saturated rings. The molecule has 6 nitrogen and oxygen atoms in total. The second-order valence-corrected chi connectivity index (χ2v) is 4.43. The summed E-state index contributed by atoms with van der Waals surface area (Å²) < 4.78 is 0. The SMILES string of the molecule is CCC(CC)N1C(=O)CC(NCCC(=O)O)C1=O. The van der Waals surface area contributed by atoms with Crippen LogP contribution in [0.1, 0.15) is 39.5 Å². The van der Waals surface area contributed by atoms with E-state index in [1.165, 1.54) is 4.90 Å². The number of rotatable bonds is 7. The first-order valence-corrected chi connectivity index (χ1v) is 6.32. The molecule has 0 radical (unpaired) electrons. The van der Waals surface area contributed by atoms with E-state index < -0.39 is 12.0 Å². The van der Waals surface area contributed by atoms with Crippen LogP contribution in [0.5, 0.6) is 0 Å². The van der Waals surface area contributed by atoms with Crippen molar-refractivity contribution in [1.82, 2.24) is 10.2 Å². The zero-order valence-electron chi connectivity index (χ0n) is 10.8. The number of nitrogens with zero attached hydrogens (tertiary/aromatic N) is 1. The first-order valence-electron chi connectivity index (χ1n) is 6.32. The minimum Gasteiger partial charge on any atom is -0.481 e. The lowest BCUT2D eigenvalue weighted by atomic mass is 10.1. The monoisotopic (exact) mass is 256 g/mol. The van der Waals surface area contributed by atoms with Gasteiger partial charge in [-0.15, -0.1) is 0 Å². The van der Waals surface area contributed by atoms with Gasteiger partial charge in [0, 0.05) is 12.6 Å². The number of likely N-dealkylation sites (tertiary alicyclic amines) is 1. The highest BCUT2D eigenvalue weighted by molar-refractivity contribution is 6.05.